The zero-order valence-corrected chi connectivity index (χ0v) is 12.0. The summed E-state index contributed by atoms with van der Waals surface area (Å²) < 4.78 is 26.8. The molecule has 1 aliphatic rings. The van der Waals surface area contributed by atoms with Gasteiger partial charge in [0.15, 0.2) is 0 Å². The summed E-state index contributed by atoms with van der Waals surface area (Å²) in [5, 5.41) is 1.69. The number of hydrogen-bond acceptors (Lipinski definition) is 4. The molecule has 0 fully saturated rings. The van der Waals surface area contributed by atoms with Crippen molar-refractivity contribution in [3.63, 3.8) is 0 Å². The van der Waals surface area contributed by atoms with Crippen molar-refractivity contribution in [3.8, 4) is 0 Å². The van der Waals surface area contributed by atoms with Crippen LogP contribution in [0, 0.1) is 0 Å². The maximum Gasteiger partial charge on any atom is 0.274 e. The molecule has 0 saturated carbocycles. The number of benzene rings is 1. The number of primary amides is 1. The number of carbonyl (C=O) groups is 1. The molecular formula is C13H12N2O3S2. The zero-order valence-electron chi connectivity index (χ0n) is 10.4. The van der Waals surface area contributed by atoms with Gasteiger partial charge in [-0.2, -0.15) is 0 Å². The van der Waals surface area contributed by atoms with Gasteiger partial charge in [0, 0.05) is 6.42 Å². The van der Waals surface area contributed by atoms with Gasteiger partial charge in [0.25, 0.3) is 10.0 Å². The summed E-state index contributed by atoms with van der Waals surface area (Å²) in [6, 6.07) is 9.41. The molecule has 1 aliphatic heterocycles. The summed E-state index contributed by atoms with van der Waals surface area (Å²) in [4.78, 5) is 11.6. The molecule has 0 radical (unpaired) electrons. The molecule has 0 spiro atoms. The molecular weight excluding hydrogens is 296 g/mol. The Labute approximate surface area is 120 Å². The molecule has 0 bridgehead atoms. The van der Waals surface area contributed by atoms with Crippen molar-refractivity contribution in [3.05, 3.63) is 47.3 Å². The zero-order chi connectivity index (χ0) is 14.3. The van der Waals surface area contributed by atoms with Crippen molar-refractivity contribution in [1.29, 1.82) is 0 Å². The normalized spacial score (nSPS) is 18.0. The van der Waals surface area contributed by atoms with Crippen LogP contribution in [-0.2, 0) is 21.2 Å². The SMILES string of the molecule is NC(=O)C1Cc2ccccc2N1S(=O)(=O)c1cccs1. The first-order chi connectivity index (χ1) is 9.51. The van der Waals surface area contributed by atoms with Crippen LogP contribution < -0.4 is 10.0 Å². The number of anilines is 1. The Hall–Kier alpha value is -1.86. The maximum absolute atomic E-state index is 12.7. The van der Waals surface area contributed by atoms with E-state index < -0.39 is 22.0 Å². The second kappa shape index (κ2) is 4.60. The van der Waals surface area contributed by atoms with Gasteiger partial charge in [0.1, 0.15) is 10.3 Å². The Balaban J connectivity index is 2.17. The Bertz CT molecular complexity index is 754. The highest BCUT2D eigenvalue weighted by atomic mass is 32.2. The molecule has 2 heterocycles. The third-order valence-corrected chi connectivity index (χ3v) is 6.46. The fourth-order valence-electron chi connectivity index (χ4n) is 2.38. The summed E-state index contributed by atoms with van der Waals surface area (Å²) >= 11 is 1.12. The standard InChI is InChI=1S/C13H12N2O3S2/c14-13(16)11-8-9-4-1-2-5-10(9)15(11)20(17,18)12-6-3-7-19-12/h1-7,11H,8H2,(H2,14,16). The second-order valence-corrected chi connectivity index (χ2v) is 7.47. The van der Waals surface area contributed by atoms with Crippen molar-refractivity contribution in [2.24, 2.45) is 5.73 Å². The minimum atomic E-state index is -3.75. The lowest BCUT2D eigenvalue weighted by molar-refractivity contribution is -0.118. The number of nitrogens with zero attached hydrogens (tertiary/aromatic N) is 1. The minimum absolute atomic E-state index is 0.209. The average Bonchev–Trinajstić information content (AvgIpc) is 3.06. The molecule has 0 saturated heterocycles. The summed E-state index contributed by atoms with van der Waals surface area (Å²) in [6.45, 7) is 0. The fraction of sp³-hybridized carbons (Fsp3) is 0.154. The number of nitrogens with two attached hydrogens (primary N) is 1. The molecule has 1 amide bonds. The van der Waals surface area contributed by atoms with E-state index in [9.17, 15) is 13.2 Å². The Kier molecular flexibility index (Phi) is 3.02. The van der Waals surface area contributed by atoms with Gasteiger partial charge in [-0.3, -0.25) is 9.10 Å². The van der Waals surface area contributed by atoms with Crippen molar-refractivity contribution < 1.29 is 13.2 Å². The van der Waals surface area contributed by atoms with E-state index in [1.54, 1.807) is 23.6 Å². The van der Waals surface area contributed by atoms with Gasteiger partial charge in [-0.25, -0.2) is 8.42 Å². The lowest BCUT2D eigenvalue weighted by atomic mass is 10.1. The molecule has 1 aromatic carbocycles. The van der Waals surface area contributed by atoms with Gasteiger partial charge in [-0.15, -0.1) is 11.3 Å². The van der Waals surface area contributed by atoms with Crippen LogP contribution in [-0.4, -0.2) is 20.4 Å². The predicted molar refractivity (Wildman–Crippen MR) is 77.1 cm³/mol. The third-order valence-electron chi connectivity index (χ3n) is 3.26. The number of sulfonamides is 1. The first-order valence-corrected chi connectivity index (χ1v) is 8.29. The highest BCUT2D eigenvalue weighted by Crippen LogP contribution is 2.37. The summed E-state index contributed by atoms with van der Waals surface area (Å²) in [5.74, 6) is -0.638. The first-order valence-electron chi connectivity index (χ1n) is 5.97. The fourth-order valence-corrected chi connectivity index (χ4v) is 5.12. The molecule has 3 rings (SSSR count). The molecule has 5 nitrogen and oxygen atoms in total. The number of fused-ring (bicyclic) bond motifs is 1. The molecule has 2 aromatic rings. The largest absolute Gasteiger partial charge is 0.368 e. The third kappa shape index (κ3) is 1.90. The Morgan fingerprint density at radius 2 is 2.00 bits per heavy atom. The monoisotopic (exact) mass is 308 g/mol. The predicted octanol–water partition coefficient (Wildman–Crippen LogP) is 1.35. The molecule has 20 heavy (non-hydrogen) atoms. The molecule has 2 N–H and O–H groups in total. The van der Waals surface area contributed by atoms with E-state index >= 15 is 0 Å². The average molecular weight is 308 g/mol. The molecule has 7 heteroatoms. The lowest BCUT2D eigenvalue weighted by Crippen LogP contribution is -2.45. The van der Waals surface area contributed by atoms with Crippen molar-refractivity contribution in [2.45, 2.75) is 16.7 Å². The van der Waals surface area contributed by atoms with E-state index in [2.05, 4.69) is 0 Å². The van der Waals surface area contributed by atoms with Gasteiger partial charge in [-0.1, -0.05) is 24.3 Å². The van der Waals surface area contributed by atoms with Gasteiger partial charge in [0.05, 0.1) is 5.69 Å². The molecule has 104 valence electrons. The highest BCUT2D eigenvalue weighted by molar-refractivity contribution is 7.94. The lowest BCUT2D eigenvalue weighted by Gasteiger charge is -2.24. The summed E-state index contributed by atoms with van der Waals surface area (Å²) in [6.07, 6.45) is 0.316. The van der Waals surface area contributed by atoms with Gasteiger partial charge >= 0.3 is 0 Å². The van der Waals surface area contributed by atoms with E-state index in [0.29, 0.717) is 12.1 Å². The van der Waals surface area contributed by atoms with E-state index in [1.807, 2.05) is 12.1 Å². The number of hydrogen-bond donors (Lipinski definition) is 1. The van der Waals surface area contributed by atoms with Crippen molar-refractivity contribution >= 4 is 33.0 Å². The van der Waals surface area contributed by atoms with Gasteiger partial charge < -0.3 is 5.73 Å². The van der Waals surface area contributed by atoms with Crippen molar-refractivity contribution in [1.82, 2.24) is 0 Å². The van der Waals surface area contributed by atoms with E-state index in [-0.39, 0.29) is 4.21 Å². The van der Waals surface area contributed by atoms with Crippen LogP contribution in [0.1, 0.15) is 5.56 Å². The number of amides is 1. The topological polar surface area (TPSA) is 80.5 Å². The summed E-state index contributed by atoms with van der Waals surface area (Å²) in [5.41, 5.74) is 6.72. The first kappa shape index (κ1) is 13.1. The number of thiophene rings is 1. The van der Waals surface area contributed by atoms with Gasteiger partial charge in [0.2, 0.25) is 5.91 Å². The Morgan fingerprint density at radius 3 is 2.65 bits per heavy atom. The van der Waals surface area contributed by atoms with Crippen LogP contribution >= 0.6 is 11.3 Å². The second-order valence-electron chi connectivity index (χ2n) is 4.48. The molecule has 1 aromatic heterocycles. The minimum Gasteiger partial charge on any atom is -0.368 e. The number of para-hydroxylation sites is 1. The van der Waals surface area contributed by atoms with Crippen molar-refractivity contribution in [2.75, 3.05) is 4.31 Å². The quantitative estimate of drug-likeness (QED) is 0.929. The number of rotatable bonds is 3. The van der Waals surface area contributed by atoms with Crippen LogP contribution in [0.3, 0.4) is 0 Å². The van der Waals surface area contributed by atoms with E-state index in [4.69, 9.17) is 5.73 Å². The van der Waals surface area contributed by atoms with Crippen LogP contribution in [0.4, 0.5) is 5.69 Å². The van der Waals surface area contributed by atoms with Crippen LogP contribution in [0.25, 0.3) is 0 Å². The summed E-state index contributed by atoms with van der Waals surface area (Å²) in [7, 11) is -3.75. The van der Waals surface area contributed by atoms with Crippen LogP contribution in [0.15, 0.2) is 46.0 Å². The number of carbonyl (C=O) groups excluding carboxylic acids is 1. The smallest absolute Gasteiger partial charge is 0.274 e. The van der Waals surface area contributed by atoms with E-state index in [0.717, 1.165) is 21.2 Å². The highest BCUT2D eigenvalue weighted by Gasteiger charge is 2.41. The van der Waals surface area contributed by atoms with Gasteiger partial charge in [-0.05, 0) is 23.1 Å². The molecule has 1 atom stereocenters. The molecule has 1 unspecified atom stereocenters. The van der Waals surface area contributed by atoms with Crippen LogP contribution in [0.2, 0.25) is 0 Å². The van der Waals surface area contributed by atoms with E-state index in [1.165, 1.54) is 6.07 Å². The Morgan fingerprint density at radius 1 is 1.25 bits per heavy atom. The van der Waals surface area contributed by atoms with Crippen LogP contribution in [0.5, 0.6) is 0 Å². The molecule has 0 aliphatic carbocycles. The maximum atomic E-state index is 12.7.